The maximum absolute atomic E-state index is 10.2. The van der Waals surface area contributed by atoms with Crippen LogP contribution in [0.5, 0.6) is 0 Å². The van der Waals surface area contributed by atoms with Crippen molar-refractivity contribution in [3.63, 3.8) is 0 Å². The van der Waals surface area contributed by atoms with Crippen LogP contribution in [0.15, 0.2) is 0 Å². The zero-order valence-electron chi connectivity index (χ0n) is 12.1. The molecule has 0 aliphatic carbocycles. The Morgan fingerprint density at radius 3 is 2.89 bits per heavy atom. The lowest BCUT2D eigenvalue weighted by Gasteiger charge is -2.44. The number of rotatable bonds is 5. The largest absolute Gasteiger partial charge is 0.388 e. The normalized spacial score (nSPS) is 30.2. The van der Waals surface area contributed by atoms with Crippen LogP contribution < -0.4 is 5.32 Å². The molecule has 5 heteroatoms. The predicted octanol–water partition coefficient (Wildman–Crippen LogP) is 2.13. The highest BCUT2D eigenvalue weighted by atomic mass is 32.2. The molecule has 0 radical (unpaired) electrons. The standard InChI is InChI=1S/C14H27NO2S2/c1-13(16,11-18-2)10-15-12-3-6-17-14(9-12)4-7-19-8-5-14/h12,15-16H,3-11H2,1-2H3. The van der Waals surface area contributed by atoms with Crippen LogP contribution in [0, 0.1) is 0 Å². The van der Waals surface area contributed by atoms with Gasteiger partial charge in [-0.05, 0) is 50.4 Å². The van der Waals surface area contributed by atoms with Crippen LogP contribution in [-0.2, 0) is 4.74 Å². The van der Waals surface area contributed by atoms with Crippen LogP contribution in [0.25, 0.3) is 0 Å². The molecule has 2 aliphatic rings. The van der Waals surface area contributed by atoms with Gasteiger partial charge in [-0.3, -0.25) is 0 Å². The van der Waals surface area contributed by atoms with E-state index in [0.29, 0.717) is 12.6 Å². The molecule has 0 aromatic rings. The van der Waals surface area contributed by atoms with Gasteiger partial charge in [-0.25, -0.2) is 0 Å². The SMILES string of the molecule is CSCC(C)(O)CNC1CCOC2(CCSCC2)C1. The zero-order valence-corrected chi connectivity index (χ0v) is 13.7. The van der Waals surface area contributed by atoms with Crippen molar-refractivity contribution < 1.29 is 9.84 Å². The number of aliphatic hydroxyl groups is 1. The van der Waals surface area contributed by atoms with Crippen LogP contribution in [0.1, 0.15) is 32.6 Å². The maximum Gasteiger partial charge on any atom is 0.0833 e. The lowest BCUT2D eigenvalue weighted by atomic mass is 9.85. The van der Waals surface area contributed by atoms with E-state index in [0.717, 1.165) is 25.2 Å². The molecule has 112 valence electrons. The molecule has 0 saturated carbocycles. The zero-order chi connectivity index (χ0) is 13.8. The average molecular weight is 306 g/mol. The Kier molecular flexibility index (Phi) is 5.90. The summed E-state index contributed by atoms with van der Waals surface area (Å²) >= 11 is 3.74. The summed E-state index contributed by atoms with van der Waals surface area (Å²) in [7, 11) is 0. The predicted molar refractivity (Wildman–Crippen MR) is 85.3 cm³/mol. The second kappa shape index (κ2) is 7.03. The third-order valence-electron chi connectivity index (χ3n) is 4.12. The van der Waals surface area contributed by atoms with Crippen LogP contribution in [0.3, 0.4) is 0 Å². The summed E-state index contributed by atoms with van der Waals surface area (Å²) in [6.45, 7) is 3.47. The van der Waals surface area contributed by atoms with Gasteiger partial charge in [-0.2, -0.15) is 23.5 Å². The van der Waals surface area contributed by atoms with Crippen molar-refractivity contribution in [2.24, 2.45) is 0 Å². The molecule has 2 rings (SSSR count). The van der Waals surface area contributed by atoms with Gasteiger partial charge in [0.05, 0.1) is 11.2 Å². The molecular formula is C14H27NO2S2. The molecule has 2 atom stereocenters. The molecule has 2 unspecified atom stereocenters. The van der Waals surface area contributed by atoms with E-state index in [1.165, 1.54) is 24.3 Å². The van der Waals surface area contributed by atoms with Gasteiger partial charge in [0.1, 0.15) is 0 Å². The van der Waals surface area contributed by atoms with E-state index >= 15 is 0 Å². The Balaban J connectivity index is 1.81. The van der Waals surface area contributed by atoms with Crippen molar-refractivity contribution in [2.45, 2.75) is 49.9 Å². The highest BCUT2D eigenvalue weighted by molar-refractivity contribution is 7.99. The fourth-order valence-electron chi connectivity index (χ4n) is 3.02. The summed E-state index contributed by atoms with van der Waals surface area (Å²) in [5.41, 5.74) is -0.472. The quantitative estimate of drug-likeness (QED) is 0.814. The van der Waals surface area contributed by atoms with Gasteiger partial charge in [-0.1, -0.05) is 0 Å². The first-order valence-corrected chi connectivity index (χ1v) is 9.77. The Morgan fingerprint density at radius 2 is 2.21 bits per heavy atom. The van der Waals surface area contributed by atoms with Gasteiger partial charge in [-0.15, -0.1) is 0 Å². The monoisotopic (exact) mass is 305 g/mol. The number of hydrogen-bond donors (Lipinski definition) is 2. The minimum Gasteiger partial charge on any atom is -0.388 e. The van der Waals surface area contributed by atoms with Crippen molar-refractivity contribution in [3.8, 4) is 0 Å². The fraction of sp³-hybridized carbons (Fsp3) is 1.00. The number of hydrogen-bond acceptors (Lipinski definition) is 5. The lowest BCUT2D eigenvalue weighted by Crippen LogP contribution is -2.52. The molecule has 3 nitrogen and oxygen atoms in total. The van der Waals surface area contributed by atoms with Crippen molar-refractivity contribution in [1.29, 1.82) is 0 Å². The molecule has 0 amide bonds. The first kappa shape index (κ1) is 16.0. The van der Waals surface area contributed by atoms with E-state index < -0.39 is 5.60 Å². The molecular weight excluding hydrogens is 278 g/mol. The van der Waals surface area contributed by atoms with Crippen molar-refractivity contribution in [1.82, 2.24) is 5.32 Å². The van der Waals surface area contributed by atoms with Gasteiger partial charge < -0.3 is 15.2 Å². The van der Waals surface area contributed by atoms with E-state index in [2.05, 4.69) is 5.32 Å². The minimum atomic E-state index is -0.604. The molecule has 0 aromatic carbocycles. The number of thioether (sulfide) groups is 2. The highest BCUT2D eigenvalue weighted by Gasteiger charge is 2.39. The third-order valence-corrected chi connectivity index (χ3v) is 6.02. The van der Waals surface area contributed by atoms with Gasteiger partial charge in [0.15, 0.2) is 0 Å². The number of ether oxygens (including phenoxy) is 1. The Hall–Kier alpha value is 0.580. The lowest BCUT2D eigenvalue weighted by molar-refractivity contribution is -0.0946. The highest BCUT2D eigenvalue weighted by Crippen LogP contribution is 2.37. The Bertz CT molecular complexity index is 275. The third kappa shape index (κ3) is 4.81. The first-order chi connectivity index (χ1) is 9.05. The van der Waals surface area contributed by atoms with Gasteiger partial charge in [0.2, 0.25) is 0 Å². The van der Waals surface area contributed by atoms with Gasteiger partial charge >= 0.3 is 0 Å². The van der Waals surface area contributed by atoms with Crippen molar-refractivity contribution >= 4 is 23.5 Å². The van der Waals surface area contributed by atoms with E-state index in [-0.39, 0.29) is 5.60 Å². The van der Waals surface area contributed by atoms with Gasteiger partial charge in [0.25, 0.3) is 0 Å². The van der Waals surface area contributed by atoms with Crippen molar-refractivity contribution in [2.75, 3.05) is 36.7 Å². The molecule has 2 N–H and O–H groups in total. The molecule has 19 heavy (non-hydrogen) atoms. The van der Waals surface area contributed by atoms with Crippen LogP contribution in [0.4, 0.5) is 0 Å². The van der Waals surface area contributed by atoms with Gasteiger partial charge in [0, 0.05) is 24.9 Å². The molecule has 2 heterocycles. The van der Waals surface area contributed by atoms with Crippen LogP contribution in [0.2, 0.25) is 0 Å². The van der Waals surface area contributed by atoms with Crippen LogP contribution in [-0.4, -0.2) is 59.0 Å². The van der Waals surface area contributed by atoms with E-state index in [9.17, 15) is 5.11 Å². The Morgan fingerprint density at radius 1 is 1.47 bits per heavy atom. The summed E-state index contributed by atoms with van der Waals surface area (Å²) in [5, 5.41) is 13.8. The molecule has 2 fully saturated rings. The first-order valence-electron chi connectivity index (χ1n) is 7.22. The summed E-state index contributed by atoms with van der Waals surface area (Å²) < 4.78 is 6.10. The number of nitrogens with one attached hydrogen (secondary N) is 1. The van der Waals surface area contributed by atoms with E-state index in [4.69, 9.17) is 4.74 Å². The minimum absolute atomic E-state index is 0.131. The summed E-state index contributed by atoms with van der Waals surface area (Å²) in [5.74, 6) is 3.25. The molecule has 2 aliphatic heterocycles. The molecule has 1 spiro atoms. The molecule has 0 bridgehead atoms. The molecule has 2 saturated heterocycles. The summed E-state index contributed by atoms with van der Waals surface area (Å²) in [6, 6.07) is 0.505. The topological polar surface area (TPSA) is 41.5 Å². The second-order valence-corrected chi connectivity index (χ2v) is 8.24. The molecule has 0 aromatic heterocycles. The Labute approximate surface area is 125 Å². The fourth-order valence-corrected chi connectivity index (χ4v) is 4.98. The maximum atomic E-state index is 10.2. The summed E-state index contributed by atoms with van der Waals surface area (Å²) in [6.07, 6.45) is 6.61. The van der Waals surface area contributed by atoms with E-state index in [1.807, 2.05) is 24.9 Å². The van der Waals surface area contributed by atoms with E-state index in [1.54, 1.807) is 11.8 Å². The van der Waals surface area contributed by atoms with Crippen molar-refractivity contribution in [3.05, 3.63) is 0 Å². The second-order valence-electron chi connectivity index (χ2n) is 6.14. The smallest absolute Gasteiger partial charge is 0.0833 e. The average Bonchev–Trinajstić information content (AvgIpc) is 2.38. The summed E-state index contributed by atoms with van der Waals surface area (Å²) in [4.78, 5) is 0. The van der Waals surface area contributed by atoms with Crippen LogP contribution >= 0.6 is 23.5 Å².